The maximum absolute atomic E-state index is 8.83. The molecule has 0 spiro atoms. The Hall–Kier alpha value is -4.66. The Kier molecular flexibility index (Phi) is 11.6. The number of aromatic nitrogens is 4. The minimum absolute atomic E-state index is 0. The SMILES string of the molecule is C.Nc1ccc(-c2[nH]c3cc(N)ccc3[nH+]2)cc1.Nc1ccc(-c2[nH]c3cc(N)ccc3[nH+]2)cc1.O=S([O-])O[O-].[Cl-]. The normalized spacial score (nSPS) is 10.8. The number of nitrogen functional groups attached to an aromatic ring is 4. The third-order valence-electron chi connectivity index (χ3n) is 5.58. The summed E-state index contributed by atoms with van der Waals surface area (Å²) in [5.41, 5.74) is 32.0. The lowest BCUT2D eigenvalue weighted by Gasteiger charge is -2.05. The number of H-pyrrole nitrogens is 4. The highest BCUT2D eigenvalue weighted by Gasteiger charge is 2.13. The summed E-state index contributed by atoms with van der Waals surface area (Å²) in [6, 6.07) is 26.9. The summed E-state index contributed by atoms with van der Waals surface area (Å²) >= 11 is -2.88. The van der Waals surface area contributed by atoms with Gasteiger partial charge < -0.3 is 49.5 Å². The van der Waals surface area contributed by atoms with Crippen LogP contribution in [-0.4, -0.2) is 18.7 Å². The molecule has 0 aliphatic heterocycles. The molecule has 0 aliphatic rings. The average Bonchev–Trinajstić information content (AvgIpc) is 3.54. The van der Waals surface area contributed by atoms with E-state index < -0.39 is 11.4 Å². The van der Waals surface area contributed by atoms with Crippen molar-refractivity contribution in [2.24, 2.45) is 0 Å². The van der Waals surface area contributed by atoms with Crippen LogP contribution in [0.4, 0.5) is 22.7 Å². The molecule has 6 rings (SSSR count). The van der Waals surface area contributed by atoms with Gasteiger partial charge in [0, 0.05) is 34.9 Å². The van der Waals surface area contributed by atoms with E-state index in [0.29, 0.717) is 0 Å². The van der Waals surface area contributed by atoms with Gasteiger partial charge in [0.05, 0.1) is 22.5 Å². The molecule has 6 aromatic rings. The van der Waals surface area contributed by atoms with E-state index in [-0.39, 0.29) is 19.8 Å². The molecule has 0 saturated heterocycles. The van der Waals surface area contributed by atoms with Gasteiger partial charge in [-0.2, -0.15) is 0 Å². The predicted octanol–water partition coefficient (Wildman–Crippen LogP) is -0.661. The molecule has 0 amide bonds. The Morgan fingerprint density at radius 2 is 0.951 bits per heavy atom. The first-order valence-corrected chi connectivity index (χ1v) is 12.4. The van der Waals surface area contributed by atoms with Crippen LogP contribution in [0.5, 0.6) is 0 Å². The smallest absolute Gasteiger partial charge is 0.285 e. The van der Waals surface area contributed by atoms with Crippen LogP contribution < -0.4 is 50.6 Å². The van der Waals surface area contributed by atoms with Crippen molar-refractivity contribution in [3.63, 3.8) is 0 Å². The summed E-state index contributed by atoms with van der Waals surface area (Å²) in [6.45, 7) is 0. The number of fused-ring (bicyclic) bond motifs is 2. The summed E-state index contributed by atoms with van der Waals surface area (Å²) in [5, 5.41) is 8.52. The molecule has 2 aromatic heterocycles. The number of nitrogens with two attached hydrogens (primary N) is 4. The van der Waals surface area contributed by atoms with Gasteiger partial charge in [-0.15, -0.1) is 0 Å². The maximum Gasteiger partial charge on any atom is 0.285 e. The van der Waals surface area contributed by atoms with Crippen molar-refractivity contribution >= 4 is 56.2 Å². The number of rotatable bonds is 3. The molecule has 0 bridgehead atoms. The first kappa shape index (κ1) is 32.6. The standard InChI is InChI=1S/2C13H12N4.CH4.ClH.H2O4S/c2*14-9-3-1-8(2-4-9)13-16-11-6-5-10(15)7-12(11)17-13;;;1-4-5(2)3/h2*1-7H,14-15H2,(H,16,17);1H4;1H;1H,(H,2,3)/p-1. The fraction of sp³-hybridized carbons (Fsp3) is 0.0370. The number of aromatic amines is 4. The Bertz CT molecular complexity index is 1600. The molecule has 12 nitrogen and oxygen atoms in total. The molecule has 0 saturated carbocycles. The molecule has 1 atom stereocenters. The second kappa shape index (κ2) is 14.6. The van der Waals surface area contributed by atoms with E-state index in [0.717, 1.165) is 67.6 Å². The summed E-state index contributed by atoms with van der Waals surface area (Å²) in [7, 11) is 0. The van der Waals surface area contributed by atoms with Crippen molar-refractivity contribution in [2.75, 3.05) is 22.9 Å². The van der Waals surface area contributed by atoms with Crippen LogP contribution in [0.15, 0.2) is 84.9 Å². The van der Waals surface area contributed by atoms with Crippen LogP contribution in [-0.2, 0) is 15.7 Å². The topological polar surface area (TPSA) is 236 Å². The van der Waals surface area contributed by atoms with Crippen molar-refractivity contribution in [2.45, 2.75) is 7.43 Å². The number of halogens is 1. The van der Waals surface area contributed by atoms with Gasteiger partial charge in [0.25, 0.3) is 11.6 Å². The zero-order chi connectivity index (χ0) is 27.9. The van der Waals surface area contributed by atoms with E-state index >= 15 is 0 Å². The van der Waals surface area contributed by atoms with Gasteiger partial charge in [-0.1, -0.05) is 7.43 Å². The minimum Gasteiger partial charge on any atom is -1.00 e. The van der Waals surface area contributed by atoms with Gasteiger partial charge in [-0.25, -0.2) is 24.1 Å². The molecule has 4 aromatic carbocycles. The van der Waals surface area contributed by atoms with Crippen molar-refractivity contribution in [3.05, 3.63) is 84.9 Å². The lowest BCUT2D eigenvalue weighted by atomic mass is 10.2. The second-order valence-electron chi connectivity index (χ2n) is 8.38. The number of hydrogen-bond donors (Lipinski definition) is 6. The number of benzene rings is 4. The number of anilines is 4. The Morgan fingerprint density at radius 1 is 0.634 bits per heavy atom. The molecular formula is C27H30ClN8O4S-. The summed E-state index contributed by atoms with van der Waals surface area (Å²) in [4.78, 5) is 13.2. The van der Waals surface area contributed by atoms with Gasteiger partial charge >= 0.3 is 0 Å². The van der Waals surface area contributed by atoms with Crippen LogP contribution >= 0.6 is 0 Å². The van der Waals surface area contributed by atoms with E-state index in [2.05, 4.69) is 24.3 Å². The highest BCUT2D eigenvalue weighted by Crippen LogP contribution is 2.20. The van der Waals surface area contributed by atoms with Crippen molar-refractivity contribution in [3.8, 4) is 22.8 Å². The van der Waals surface area contributed by atoms with Gasteiger partial charge in [-0.3, -0.25) is 0 Å². The molecule has 41 heavy (non-hydrogen) atoms. The fourth-order valence-electron chi connectivity index (χ4n) is 3.74. The first-order chi connectivity index (χ1) is 18.7. The van der Waals surface area contributed by atoms with E-state index in [1.807, 2.05) is 84.9 Å². The number of imidazole rings is 2. The molecule has 0 fully saturated rings. The highest BCUT2D eigenvalue weighted by molar-refractivity contribution is 7.73. The number of hydrogen-bond acceptors (Lipinski definition) is 8. The molecule has 216 valence electrons. The van der Waals surface area contributed by atoms with Gasteiger partial charge in [0.15, 0.2) is 22.1 Å². The van der Waals surface area contributed by atoms with Crippen LogP contribution in [0, 0.1) is 0 Å². The Morgan fingerprint density at radius 3 is 1.27 bits per heavy atom. The van der Waals surface area contributed by atoms with Gasteiger partial charge in [0.1, 0.15) is 0 Å². The Labute approximate surface area is 244 Å². The van der Waals surface area contributed by atoms with E-state index in [4.69, 9.17) is 37.0 Å². The van der Waals surface area contributed by atoms with E-state index in [1.165, 1.54) is 0 Å². The average molecular weight is 598 g/mol. The van der Waals surface area contributed by atoms with Crippen molar-refractivity contribution in [1.82, 2.24) is 9.97 Å². The number of nitrogens with one attached hydrogen (secondary N) is 4. The molecule has 12 N–H and O–H groups in total. The molecule has 14 heteroatoms. The summed E-state index contributed by atoms with van der Waals surface area (Å²) in [6.07, 6.45) is 0. The van der Waals surface area contributed by atoms with Crippen molar-refractivity contribution in [1.29, 1.82) is 0 Å². The lowest BCUT2D eigenvalue weighted by Crippen LogP contribution is -3.00. The molecule has 2 heterocycles. The largest absolute Gasteiger partial charge is 1.00 e. The van der Waals surface area contributed by atoms with E-state index in [1.54, 1.807) is 0 Å². The predicted molar refractivity (Wildman–Crippen MR) is 155 cm³/mol. The monoisotopic (exact) mass is 597 g/mol. The van der Waals surface area contributed by atoms with Gasteiger partial charge in [0.2, 0.25) is 0 Å². The zero-order valence-corrected chi connectivity index (χ0v) is 22.4. The van der Waals surface area contributed by atoms with Crippen molar-refractivity contribution < 1.29 is 40.7 Å². The lowest BCUT2D eigenvalue weighted by molar-refractivity contribution is -0.635. The Balaban J connectivity index is 0.000000237. The zero-order valence-electron chi connectivity index (χ0n) is 20.8. The third kappa shape index (κ3) is 8.66. The maximum atomic E-state index is 8.83. The summed E-state index contributed by atoms with van der Waals surface area (Å²) < 4.78 is 20.1. The van der Waals surface area contributed by atoms with E-state index in [9.17, 15) is 0 Å². The summed E-state index contributed by atoms with van der Waals surface area (Å²) in [5.74, 6) is 1.90. The third-order valence-corrected chi connectivity index (χ3v) is 5.69. The van der Waals surface area contributed by atoms with Crippen LogP contribution in [0.25, 0.3) is 44.8 Å². The minimum atomic E-state index is -2.88. The van der Waals surface area contributed by atoms with Gasteiger partial charge in [-0.05, 0) is 72.8 Å². The second-order valence-corrected chi connectivity index (χ2v) is 8.92. The van der Waals surface area contributed by atoms with Crippen LogP contribution in [0.1, 0.15) is 7.43 Å². The molecule has 1 unspecified atom stereocenters. The molecular weight excluding hydrogens is 568 g/mol. The molecule has 0 radical (unpaired) electrons. The quantitative estimate of drug-likeness (QED) is 0.0660. The molecule has 0 aliphatic carbocycles. The highest BCUT2D eigenvalue weighted by atomic mass is 35.5. The fourth-order valence-corrected chi connectivity index (χ4v) is 3.74. The van der Waals surface area contributed by atoms with Crippen LogP contribution in [0.3, 0.4) is 0 Å². The van der Waals surface area contributed by atoms with Crippen LogP contribution in [0.2, 0.25) is 0 Å². The first-order valence-electron chi connectivity index (χ1n) is 11.4.